The van der Waals surface area contributed by atoms with Crippen LogP contribution in [0.25, 0.3) is 0 Å². The fraction of sp³-hybridized carbons (Fsp3) is 0.562. The highest BCUT2D eigenvalue weighted by Crippen LogP contribution is 2.35. The SMILES string of the molecule is Cc1nc2c(s1)CCC[C@H]2CN(C)C(=O)c1cc(C)n(C)n1. The summed E-state index contributed by atoms with van der Waals surface area (Å²) in [7, 11) is 3.72. The molecule has 2 aromatic heterocycles. The molecule has 1 atom stereocenters. The molecule has 0 saturated carbocycles. The Morgan fingerprint density at radius 3 is 2.95 bits per heavy atom. The van der Waals surface area contributed by atoms with Crippen LogP contribution < -0.4 is 0 Å². The second-order valence-electron chi connectivity index (χ2n) is 6.11. The molecule has 1 aliphatic carbocycles. The van der Waals surface area contributed by atoms with Gasteiger partial charge in [-0.3, -0.25) is 9.48 Å². The number of hydrogen-bond acceptors (Lipinski definition) is 4. The van der Waals surface area contributed by atoms with Crippen LogP contribution >= 0.6 is 11.3 Å². The summed E-state index contributed by atoms with van der Waals surface area (Å²) in [5, 5.41) is 5.42. The number of fused-ring (bicyclic) bond motifs is 1. The smallest absolute Gasteiger partial charge is 0.274 e. The van der Waals surface area contributed by atoms with Crippen LogP contribution in [0.5, 0.6) is 0 Å². The average Bonchev–Trinajstić information content (AvgIpc) is 3.01. The standard InChI is InChI=1S/C16H22N4OS/c1-10-8-13(18-20(10)4)16(21)19(3)9-12-6-5-7-14-15(12)17-11(2)22-14/h8,12H,5-7,9H2,1-4H3/t12-/m0/s1. The van der Waals surface area contributed by atoms with Crippen molar-refractivity contribution >= 4 is 17.2 Å². The molecular formula is C16H22N4OS. The molecule has 0 bridgehead atoms. The Balaban J connectivity index is 1.74. The first kappa shape index (κ1) is 15.2. The van der Waals surface area contributed by atoms with E-state index in [0.29, 0.717) is 18.2 Å². The van der Waals surface area contributed by atoms with E-state index in [-0.39, 0.29) is 5.91 Å². The molecule has 118 valence electrons. The molecule has 0 fully saturated rings. The van der Waals surface area contributed by atoms with Gasteiger partial charge in [0.15, 0.2) is 5.69 Å². The topological polar surface area (TPSA) is 51.0 Å². The minimum atomic E-state index is -0.0113. The summed E-state index contributed by atoms with van der Waals surface area (Å²) in [4.78, 5) is 20.4. The Labute approximate surface area is 135 Å². The third kappa shape index (κ3) is 2.79. The molecular weight excluding hydrogens is 296 g/mol. The monoisotopic (exact) mass is 318 g/mol. The van der Waals surface area contributed by atoms with Crippen molar-refractivity contribution in [3.05, 3.63) is 33.0 Å². The Morgan fingerprint density at radius 2 is 2.27 bits per heavy atom. The summed E-state index contributed by atoms with van der Waals surface area (Å²) < 4.78 is 1.74. The lowest BCUT2D eigenvalue weighted by Gasteiger charge is -2.26. The molecule has 0 radical (unpaired) electrons. The minimum Gasteiger partial charge on any atom is -0.340 e. The van der Waals surface area contributed by atoms with Gasteiger partial charge in [-0.1, -0.05) is 0 Å². The molecule has 0 saturated heterocycles. The van der Waals surface area contributed by atoms with E-state index in [1.54, 1.807) is 20.9 Å². The lowest BCUT2D eigenvalue weighted by molar-refractivity contribution is 0.0776. The Morgan fingerprint density at radius 1 is 1.50 bits per heavy atom. The van der Waals surface area contributed by atoms with E-state index in [1.165, 1.54) is 17.0 Å². The van der Waals surface area contributed by atoms with E-state index >= 15 is 0 Å². The Hall–Kier alpha value is -1.69. The van der Waals surface area contributed by atoms with Crippen LogP contribution in [-0.2, 0) is 13.5 Å². The van der Waals surface area contributed by atoms with Gasteiger partial charge in [0.25, 0.3) is 5.91 Å². The second kappa shape index (κ2) is 5.83. The number of aryl methyl sites for hydroxylation is 4. The molecule has 22 heavy (non-hydrogen) atoms. The lowest BCUT2D eigenvalue weighted by Crippen LogP contribution is -2.32. The lowest BCUT2D eigenvalue weighted by atomic mass is 9.90. The van der Waals surface area contributed by atoms with Crippen LogP contribution in [0, 0.1) is 13.8 Å². The molecule has 0 aliphatic heterocycles. The van der Waals surface area contributed by atoms with Gasteiger partial charge in [0.05, 0.1) is 10.7 Å². The van der Waals surface area contributed by atoms with Gasteiger partial charge in [0.2, 0.25) is 0 Å². The van der Waals surface area contributed by atoms with Gasteiger partial charge in [-0.2, -0.15) is 5.10 Å². The van der Waals surface area contributed by atoms with Crippen LogP contribution in [0.3, 0.4) is 0 Å². The van der Waals surface area contributed by atoms with E-state index in [4.69, 9.17) is 4.98 Å². The van der Waals surface area contributed by atoms with Crippen LogP contribution in [-0.4, -0.2) is 39.2 Å². The third-order valence-electron chi connectivity index (χ3n) is 4.35. The number of carbonyl (C=O) groups excluding carboxylic acids is 1. The van der Waals surface area contributed by atoms with Crippen molar-refractivity contribution in [2.45, 2.75) is 39.0 Å². The maximum Gasteiger partial charge on any atom is 0.274 e. The summed E-state index contributed by atoms with van der Waals surface area (Å²) in [5.41, 5.74) is 2.73. The predicted molar refractivity (Wildman–Crippen MR) is 87.4 cm³/mol. The molecule has 5 nitrogen and oxygen atoms in total. The summed E-state index contributed by atoms with van der Waals surface area (Å²) >= 11 is 1.80. The first-order valence-corrected chi connectivity index (χ1v) is 8.49. The largest absolute Gasteiger partial charge is 0.340 e. The van der Waals surface area contributed by atoms with Crippen molar-refractivity contribution < 1.29 is 4.79 Å². The molecule has 2 heterocycles. The fourth-order valence-electron chi connectivity index (χ4n) is 3.08. The molecule has 1 amide bonds. The van der Waals surface area contributed by atoms with Gasteiger partial charge in [-0.25, -0.2) is 4.98 Å². The maximum atomic E-state index is 12.5. The molecule has 1 aliphatic rings. The van der Waals surface area contributed by atoms with Crippen molar-refractivity contribution in [1.82, 2.24) is 19.7 Å². The summed E-state index contributed by atoms with van der Waals surface area (Å²) in [5.74, 6) is 0.343. The van der Waals surface area contributed by atoms with Gasteiger partial charge in [0.1, 0.15) is 0 Å². The fourth-order valence-corrected chi connectivity index (χ4v) is 4.14. The first-order valence-electron chi connectivity index (χ1n) is 7.68. The van der Waals surface area contributed by atoms with E-state index in [0.717, 1.165) is 23.5 Å². The molecule has 0 N–H and O–H groups in total. The zero-order valence-electron chi connectivity index (χ0n) is 13.6. The minimum absolute atomic E-state index is 0.0113. The van der Waals surface area contributed by atoms with Crippen molar-refractivity contribution in [2.75, 3.05) is 13.6 Å². The number of amides is 1. The number of nitrogens with zero attached hydrogens (tertiary/aromatic N) is 4. The molecule has 0 spiro atoms. The third-order valence-corrected chi connectivity index (χ3v) is 5.40. The normalized spacial score (nSPS) is 17.4. The van der Waals surface area contributed by atoms with Crippen LogP contribution in [0.4, 0.5) is 0 Å². The zero-order chi connectivity index (χ0) is 15.9. The summed E-state index contributed by atoms with van der Waals surface area (Å²) in [6.07, 6.45) is 3.42. The summed E-state index contributed by atoms with van der Waals surface area (Å²) in [6, 6.07) is 1.85. The number of carbonyl (C=O) groups is 1. The molecule has 2 aromatic rings. The Kier molecular flexibility index (Phi) is 4.04. The van der Waals surface area contributed by atoms with Gasteiger partial charge in [-0.05, 0) is 39.2 Å². The van der Waals surface area contributed by atoms with Gasteiger partial charge >= 0.3 is 0 Å². The van der Waals surface area contributed by atoms with Crippen molar-refractivity contribution in [3.63, 3.8) is 0 Å². The van der Waals surface area contributed by atoms with E-state index in [9.17, 15) is 4.79 Å². The highest BCUT2D eigenvalue weighted by atomic mass is 32.1. The van der Waals surface area contributed by atoms with Crippen LogP contribution in [0.15, 0.2) is 6.07 Å². The highest BCUT2D eigenvalue weighted by molar-refractivity contribution is 7.11. The Bertz CT molecular complexity index is 684. The van der Waals surface area contributed by atoms with Gasteiger partial charge in [-0.15, -0.1) is 11.3 Å². The van der Waals surface area contributed by atoms with Crippen molar-refractivity contribution in [3.8, 4) is 0 Å². The number of aromatic nitrogens is 3. The molecule has 3 rings (SSSR count). The molecule has 0 unspecified atom stereocenters. The van der Waals surface area contributed by atoms with Crippen molar-refractivity contribution in [1.29, 1.82) is 0 Å². The molecule has 6 heteroatoms. The predicted octanol–water partition coefficient (Wildman–Crippen LogP) is 2.69. The van der Waals surface area contributed by atoms with E-state index in [2.05, 4.69) is 12.0 Å². The number of hydrogen-bond donors (Lipinski definition) is 0. The average molecular weight is 318 g/mol. The number of rotatable bonds is 3. The maximum absolute atomic E-state index is 12.5. The van der Waals surface area contributed by atoms with Gasteiger partial charge in [0, 0.05) is 37.1 Å². The number of thiazole rings is 1. The first-order chi connectivity index (χ1) is 10.5. The summed E-state index contributed by atoms with van der Waals surface area (Å²) in [6.45, 7) is 4.73. The number of likely N-dealkylation sites (N-methyl/N-ethyl adjacent to an activating group) is 1. The van der Waals surface area contributed by atoms with Crippen molar-refractivity contribution in [2.24, 2.45) is 7.05 Å². The second-order valence-corrected chi connectivity index (χ2v) is 7.40. The van der Waals surface area contributed by atoms with Crippen LogP contribution in [0.2, 0.25) is 0 Å². The van der Waals surface area contributed by atoms with E-state index in [1.807, 2.05) is 27.1 Å². The zero-order valence-corrected chi connectivity index (χ0v) is 14.4. The molecule has 0 aromatic carbocycles. The van der Waals surface area contributed by atoms with E-state index < -0.39 is 0 Å². The quantitative estimate of drug-likeness (QED) is 0.874. The highest BCUT2D eigenvalue weighted by Gasteiger charge is 2.27. The van der Waals surface area contributed by atoms with Crippen LogP contribution in [0.1, 0.15) is 50.5 Å². The van der Waals surface area contributed by atoms with Gasteiger partial charge < -0.3 is 4.90 Å².